The minimum Gasteiger partial charge on any atom is -0.587 e. The molecule has 0 saturated heterocycles. The van der Waals surface area contributed by atoms with Crippen LogP contribution in [0.3, 0.4) is 0 Å². The van der Waals surface area contributed by atoms with E-state index in [1.807, 2.05) is 24.3 Å². The number of rotatable bonds is 13. The average Bonchev–Trinajstić information content (AvgIpc) is 2.95. The standard InChI is InChI=1S/C16H26O2.C14H22O.C3H8O2.C2H6O5P2/c1-15(2,3)11-16(4,5)13-7-9-14(10-8-13)18-12-17-6;1-13(2,3)10-14(4,5)11-6-8-12(15)9-7-11;1-4-3-5-2;1-2-7-9(5,6)8(3)4/h7-10H,11-12H2,1-6H3;6-9,15H,10H2,1-5H3;3H2,1-2H3;2H2,1H3,(H,5,6)/i/hD. The predicted molar refractivity (Wildman–Crippen MR) is 189 cm³/mol. The Labute approximate surface area is 286 Å². The van der Waals surface area contributed by atoms with Crippen molar-refractivity contribution in [2.75, 3.05) is 41.5 Å². The Morgan fingerprint density at radius 3 is 1.38 bits per heavy atom. The average molecular weight is 706 g/mol. The Kier molecular flexibility index (Phi) is 21.1. The van der Waals surface area contributed by atoms with Crippen LogP contribution in [0.25, 0.3) is 0 Å². The Morgan fingerprint density at radius 2 is 1.13 bits per heavy atom. The summed E-state index contributed by atoms with van der Waals surface area (Å²) in [6.07, 6.45) is 2.28. The molecule has 0 radical (unpaired) electrons. The van der Waals surface area contributed by atoms with Crippen molar-refractivity contribution < 1.29 is 47.5 Å². The zero-order valence-corrected chi connectivity index (χ0v) is 33.0. The highest BCUT2D eigenvalue weighted by molar-refractivity contribution is 8.19. The van der Waals surface area contributed by atoms with Gasteiger partial charge in [-0.15, -0.1) is 0 Å². The monoisotopic (exact) mass is 705 g/mol. The number of hydrogen-bond acceptors (Lipinski definition) is 10. The Balaban J connectivity index is 0. The highest BCUT2D eigenvalue weighted by Crippen LogP contribution is 2.61. The van der Waals surface area contributed by atoms with Crippen molar-refractivity contribution in [2.24, 2.45) is 10.8 Å². The van der Waals surface area contributed by atoms with Gasteiger partial charge in [0.05, 0.1) is 6.61 Å². The maximum atomic E-state index is 10.7. The summed E-state index contributed by atoms with van der Waals surface area (Å²) in [6.45, 7) is 24.8. The molecule has 2 N–H and O–H groups in total. The molecular formula is C35H62O10P2. The Morgan fingerprint density at radius 1 is 0.745 bits per heavy atom. The molecule has 0 aliphatic rings. The second-order valence-corrected chi connectivity index (χ2v) is 18.8. The van der Waals surface area contributed by atoms with Gasteiger partial charge in [0.25, 0.3) is 0 Å². The highest BCUT2D eigenvalue weighted by atomic mass is 32.1. The lowest BCUT2D eigenvalue weighted by Gasteiger charge is -2.33. The van der Waals surface area contributed by atoms with Gasteiger partial charge in [0.1, 0.15) is 18.3 Å². The predicted octanol–water partition coefficient (Wildman–Crippen LogP) is 8.95. The van der Waals surface area contributed by atoms with Gasteiger partial charge in [0.15, 0.2) is 6.79 Å². The van der Waals surface area contributed by atoms with E-state index in [-0.39, 0.29) is 17.4 Å². The van der Waals surface area contributed by atoms with Gasteiger partial charge in [-0.2, -0.15) is 0 Å². The molecule has 0 saturated carbocycles. The highest BCUT2D eigenvalue weighted by Gasteiger charge is 2.35. The topological polar surface area (TPSA) is 144 Å². The van der Waals surface area contributed by atoms with E-state index in [0.717, 1.165) is 18.6 Å². The Hall–Kier alpha value is -1.87. The van der Waals surface area contributed by atoms with E-state index in [0.29, 0.717) is 30.2 Å². The summed E-state index contributed by atoms with van der Waals surface area (Å²) in [7, 11) is -2.68. The second kappa shape index (κ2) is 22.0. The normalized spacial score (nSPS) is 13.7. The molecule has 0 spiro atoms. The molecule has 2 aromatic rings. The third-order valence-corrected chi connectivity index (χ3v) is 8.83. The molecule has 0 amide bonds. The van der Waals surface area contributed by atoms with Crippen molar-refractivity contribution in [3.8, 4) is 11.5 Å². The van der Waals surface area contributed by atoms with Gasteiger partial charge in [-0.1, -0.05) is 98.1 Å². The van der Waals surface area contributed by atoms with Crippen molar-refractivity contribution in [3.63, 3.8) is 0 Å². The maximum absolute atomic E-state index is 10.7. The van der Waals surface area contributed by atoms with Crippen LogP contribution in [-0.4, -0.2) is 53.0 Å². The van der Waals surface area contributed by atoms with E-state index in [1.54, 1.807) is 33.5 Å². The van der Waals surface area contributed by atoms with E-state index in [4.69, 9.17) is 10.9 Å². The first-order valence-electron chi connectivity index (χ1n) is 15.9. The minimum absolute atomic E-state index is 0.0700. The maximum Gasteiger partial charge on any atom is 0.564 e. The van der Waals surface area contributed by atoms with Crippen LogP contribution in [0.4, 0.5) is 0 Å². The molecule has 2 aromatic carbocycles. The third kappa shape index (κ3) is 23.2. The van der Waals surface area contributed by atoms with Gasteiger partial charge in [-0.05, 0) is 76.8 Å². The summed E-state index contributed by atoms with van der Waals surface area (Å²) in [5.74, 6) is 1.19. The summed E-state index contributed by atoms with van der Waals surface area (Å²) in [4.78, 5) is 13.5. The molecule has 10 nitrogen and oxygen atoms in total. The summed E-state index contributed by atoms with van der Waals surface area (Å²) < 4.78 is 50.2. The number of methoxy groups -OCH3 is 3. The van der Waals surface area contributed by atoms with E-state index in [9.17, 15) is 19.1 Å². The first-order chi connectivity index (χ1) is 21.9. The van der Waals surface area contributed by atoms with Gasteiger partial charge in [-0.3, -0.25) is 9.42 Å². The molecule has 0 fully saturated rings. The molecule has 2 rings (SSSR count). The molecule has 0 aliphatic heterocycles. The number of benzene rings is 2. The fraction of sp³-hybridized carbons (Fsp3) is 0.657. The van der Waals surface area contributed by atoms with Gasteiger partial charge in [0.2, 0.25) is 1.43 Å². The van der Waals surface area contributed by atoms with Crippen molar-refractivity contribution in [1.29, 1.82) is 1.43 Å². The van der Waals surface area contributed by atoms with Crippen LogP contribution < -0.4 is 9.63 Å². The number of aromatic hydroxyl groups is 1. The van der Waals surface area contributed by atoms with E-state index >= 15 is 0 Å². The van der Waals surface area contributed by atoms with Crippen LogP contribution >= 0.6 is 15.0 Å². The van der Waals surface area contributed by atoms with Gasteiger partial charge in [0, 0.05) is 21.3 Å². The van der Waals surface area contributed by atoms with E-state index < -0.39 is 15.0 Å². The lowest BCUT2D eigenvalue weighted by Crippen LogP contribution is -2.24. The summed E-state index contributed by atoms with van der Waals surface area (Å²) >= 11 is 0. The van der Waals surface area contributed by atoms with Crippen molar-refractivity contribution >= 4 is 15.0 Å². The molecule has 2 atom stereocenters. The van der Waals surface area contributed by atoms with Gasteiger partial charge < -0.3 is 28.9 Å². The van der Waals surface area contributed by atoms with Crippen LogP contribution in [0.5, 0.6) is 11.5 Å². The first kappa shape index (κ1) is 45.1. The minimum atomic E-state index is -4.15. The summed E-state index contributed by atoms with van der Waals surface area (Å²) in [5, 5.41) is 9.25. The number of phenolic OH excluding ortho intramolecular Hbond substituents is 1. The summed E-state index contributed by atoms with van der Waals surface area (Å²) in [5.41, 5.74) is 3.62. The largest absolute Gasteiger partial charge is 0.587 e. The Bertz CT molecular complexity index is 1190. The zero-order chi connectivity index (χ0) is 37.8. The first-order valence-corrected chi connectivity index (χ1v) is 18.9. The van der Waals surface area contributed by atoms with E-state index in [2.05, 4.69) is 100 Å². The lowest BCUT2D eigenvalue weighted by molar-refractivity contribution is -0.160. The van der Waals surface area contributed by atoms with Crippen molar-refractivity contribution in [3.05, 3.63) is 59.7 Å². The van der Waals surface area contributed by atoms with Crippen LogP contribution in [0.2, 0.25) is 0 Å². The SMILES string of the molecule is CC(C)(C)CC(C)(C)c1ccc(O)cc1.COCOC.COCOc1ccc(C(C)(C)CC(C)(C)C)cc1.[2H]OP(=O)(OCC)[P+](=O)[O-]. The number of hydrogen-bond donors (Lipinski definition) is 2. The molecule has 272 valence electrons. The molecule has 0 bridgehead atoms. The van der Waals surface area contributed by atoms with Crippen LogP contribution in [0.1, 0.15) is 100 Å². The molecule has 0 aliphatic carbocycles. The molecule has 12 heteroatoms. The van der Waals surface area contributed by atoms with Crippen LogP contribution in [0, 0.1) is 10.8 Å². The molecule has 47 heavy (non-hydrogen) atoms. The molecule has 2 unspecified atom stereocenters. The number of phenols is 1. The van der Waals surface area contributed by atoms with Crippen molar-refractivity contribution in [2.45, 2.75) is 99.8 Å². The van der Waals surface area contributed by atoms with Gasteiger partial charge in [-0.25, -0.2) is 4.57 Å². The fourth-order valence-corrected chi connectivity index (χ4v) is 6.28. The van der Waals surface area contributed by atoms with Gasteiger partial charge >= 0.3 is 15.0 Å². The van der Waals surface area contributed by atoms with Crippen molar-refractivity contribution in [1.82, 2.24) is 0 Å². The van der Waals surface area contributed by atoms with Crippen LogP contribution in [0.15, 0.2) is 48.5 Å². The third-order valence-electron chi connectivity index (χ3n) is 6.30. The molecule has 0 aromatic heterocycles. The zero-order valence-electron chi connectivity index (χ0n) is 32.2. The second-order valence-electron chi connectivity index (χ2n) is 14.7. The quantitative estimate of drug-likeness (QED) is 0.153. The molecule has 0 heterocycles. The van der Waals surface area contributed by atoms with Crippen LogP contribution in [-0.2, 0) is 38.7 Å². The smallest absolute Gasteiger partial charge is 0.564 e. The summed E-state index contributed by atoms with van der Waals surface area (Å²) in [6, 6.07) is 15.9. The lowest BCUT2D eigenvalue weighted by atomic mass is 9.72. The number of ether oxygens (including phenoxy) is 4. The fourth-order valence-electron chi connectivity index (χ4n) is 5.23. The van der Waals surface area contributed by atoms with E-state index in [1.165, 1.54) is 18.1 Å². The molecular weight excluding hydrogens is 642 g/mol.